The minimum absolute atomic E-state index is 0.0562. The molecule has 2 aromatic carbocycles. The molecule has 2 N–H and O–H groups in total. The molecule has 0 bridgehead atoms. The van der Waals surface area contributed by atoms with Crippen LogP contribution in [-0.4, -0.2) is 43.4 Å². The van der Waals surface area contributed by atoms with Crippen LogP contribution in [0.5, 0.6) is 0 Å². The Kier molecular flexibility index (Phi) is 7.63. The molecule has 0 saturated carbocycles. The van der Waals surface area contributed by atoms with Gasteiger partial charge in [-0.05, 0) is 23.8 Å². The van der Waals surface area contributed by atoms with Crippen LogP contribution in [0.4, 0.5) is 0 Å². The highest BCUT2D eigenvalue weighted by Gasteiger charge is 2.29. The van der Waals surface area contributed by atoms with Gasteiger partial charge in [0.15, 0.2) is 5.82 Å². The summed E-state index contributed by atoms with van der Waals surface area (Å²) in [4.78, 5) is 47.7. The molecule has 2 amide bonds. The number of aromatic nitrogens is 4. The van der Waals surface area contributed by atoms with E-state index in [4.69, 9.17) is 4.42 Å². The maximum atomic E-state index is 13.5. The Balaban J connectivity index is 1.37. The predicted molar refractivity (Wildman–Crippen MR) is 142 cm³/mol. The lowest BCUT2D eigenvalue weighted by atomic mass is 10.0. The summed E-state index contributed by atoms with van der Waals surface area (Å²) in [5.41, 5.74) is 2.61. The van der Waals surface area contributed by atoms with Crippen molar-refractivity contribution in [2.24, 2.45) is 0 Å². The normalized spacial score (nSPS) is 11.5. The van der Waals surface area contributed by atoms with Crippen molar-refractivity contribution >= 4 is 17.6 Å². The predicted octanol–water partition coefficient (Wildman–Crippen LogP) is 3.15. The second kappa shape index (κ2) is 11.8. The number of amides is 2. The Labute approximate surface area is 223 Å². The molecule has 5 rings (SSSR count). The number of ketones is 1. The van der Waals surface area contributed by atoms with Gasteiger partial charge < -0.3 is 15.1 Å². The molecule has 0 aliphatic heterocycles. The summed E-state index contributed by atoms with van der Waals surface area (Å²) in [5.74, 6) is -1.68. The molecule has 5 aromatic rings. The Morgan fingerprint density at radius 2 is 1.64 bits per heavy atom. The van der Waals surface area contributed by atoms with Crippen molar-refractivity contribution in [2.45, 2.75) is 19.0 Å². The van der Waals surface area contributed by atoms with Crippen molar-refractivity contribution in [1.29, 1.82) is 0 Å². The molecule has 10 nitrogen and oxygen atoms in total. The Morgan fingerprint density at radius 1 is 0.872 bits per heavy atom. The Morgan fingerprint density at radius 3 is 2.38 bits per heavy atom. The first kappa shape index (κ1) is 25.3. The van der Waals surface area contributed by atoms with Gasteiger partial charge in [-0.25, -0.2) is 14.6 Å². The van der Waals surface area contributed by atoms with Gasteiger partial charge in [0.05, 0.1) is 24.0 Å². The molecule has 0 unspecified atom stereocenters. The number of rotatable bonds is 10. The largest absolute Gasteiger partial charge is 0.447 e. The summed E-state index contributed by atoms with van der Waals surface area (Å²) in [5, 5.41) is 9.81. The standard InChI is InChI=1S/C29H24N6O4/c36-26(29(38)32-19-25-30-15-17-39-25)24(18-20-8-3-1-4-9-20)33-28(37)22-12-7-14-31-27(22)35-16-13-23(34-35)21-10-5-2-6-11-21/h1-17,24H,18-19H2,(H,32,38)(H,33,37)/t24-/m0/s1. The van der Waals surface area contributed by atoms with Gasteiger partial charge in [-0.3, -0.25) is 14.4 Å². The molecule has 1 atom stereocenters. The number of hydrogen-bond donors (Lipinski definition) is 2. The van der Waals surface area contributed by atoms with Crippen LogP contribution in [0, 0.1) is 0 Å². The van der Waals surface area contributed by atoms with Crippen molar-refractivity contribution < 1.29 is 18.8 Å². The molecule has 10 heteroatoms. The Hall–Kier alpha value is -5.38. The van der Waals surface area contributed by atoms with Gasteiger partial charge in [0.25, 0.3) is 11.8 Å². The molecule has 3 heterocycles. The van der Waals surface area contributed by atoms with Gasteiger partial charge in [0.1, 0.15) is 12.3 Å². The van der Waals surface area contributed by atoms with Crippen LogP contribution in [0.15, 0.2) is 108 Å². The third kappa shape index (κ3) is 6.13. The molecule has 0 spiro atoms. The van der Waals surface area contributed by atoms with Crippen LogP contribution in [0.2, 0.25) is 0 Å². The van der Waals surface area contributed by atoms with Crippen LogP contribution in [-0.2, 0) is 22.6 Å². The number of Topliss-reactive ketones (excluding diaryl/α,β-unsaturated/α-hetero) is 1. The van der Waals surface area contributed by atoms with Crippen molar-refractivity contribution in [3.8, 4) is 17.1 Å². The van der Waals surface area contributed by atoms with Gasteiger partial charge in [-0.1, -0.05) is 60.7 Å². The van der Waals surface area contributed by atoms with Gasteiger partial charge >= 0.3 is 0 Å². The average molecular weight is 521 g/mol. The lowest BCUT2D eigenvalue weighted by Crippen LogP contribution is -2.48. The summed E-state index contributed by atoms with van der Waals surface area (Å²) in [6.07, 6.45) is 6.20. The van der Waals surface area contributed by atoms with Gasteiger partial charge in [-0.15, -0.1) is 0 Å². The molecule has 39 heavy (non-hydrogen) atoms. The van der Waals surface area contributed by atoms with Crippen LogP contribution in [0.1, 0.15) is 21.8 Å². The van der Waals surface area contributed by atoms with Crippen molar-refractivity contribution in [3.63, 3.8) is 0 Å². The summed E-state index contributed by atoms with van der Waals surface area (Å²) in [7, 11) is 0. The highest BCUT2D eigenvalue weighted by molar-refractivity contribution is 6.38. The van der Waals surface area contributed by atoms with Crippen LogP contribution in [0.25, 0.3) is 17.1 Å². The number of nitrogens with one attached hydrogen (secondary N) is 2. The molecule has 3 aromatic heterocycles. The zero-order valence-corrected chi connectivity index (χ0v) is 20.7. The van der Waals surface area contributed by atoms with Gasteiger partial charge in [0.2, 0.25) is 11.7 Å². The van der Waals surface area contributed by atoms with E-state index in [0.29, 0.717) is 5.69 Å². The molecule has 0 radical (unpaired) electrons. The first-order chi connectivity index (χ1) is 19.1. The lowest BCUT2D eigenvalue weighted by Gasteiger charge is -2.18. The minimum Gasteiger partial charge on any atom is -0.447 e. The van der Waals surface area contributed by atoms with Crippen LogP contribution < -0.4 is 10.6 Å². The first-order valence-corrected chi connectivity index (χ1v) is 12.2. The fourth-order valence-corrected chi connectivity index (χ4v) is 4.00. The maximum absolute atomic E-state index is 13.5. The number of carbonyl (C=O) groups excluding carboxylic acids is 3. The lowest BCUT2D eigenvalue weighted by molar-refractivity contribution is -0.139. The van der Waals surface area contributed by atoms with E-state index >= 15 is 0 Å². The zero-order valence-electron chi connectivity index (χ0n) is 20.7. The van der Waals surface area contributed by atoms with E-state index in [-0.39, 0.29) is 30.2 Å². The number of carbonyl (C=O) groups is 3. The number of benzene rings is 2. The van der Waals surface area contributed by atoms with Gasteiger partial charge in [-0.2, -0.15) is 5.10 Å². The smallest absolute Gasteiger partial charge is 0.290 e. The van der Waals surface area contributed by atoms with E-state index in [9.17, 15) is 14.4 Å². The van der Waals surface area contributed by atoms with E-state index in [2.05, 4.69) is 25.7 Å². The van der Waals surface area contributed by atoms with Crippen molar-refractivity contribution in [1.82, 2.24) is 30.4 Å². The third-order valence-electron chi connectivity index (χ3n) is 5.92. The summed E-state index contributed by atoms with van der Waals surface area (Å²) >= 11 is 0. The number of nitrogens with zero attached hydrogens (tertiary/aromatic N) is 4. The van der Waals surface area contributed by atoms with E-state index in [1.165, 1.54) is 17.1 Å². The number of pyridine rings is 1. The van der Waals surface area contributed by atoms with Crippen molar-refractivity contribution in [2.75, 3.05) is 0 Å². The van der Waals surface area contributed by atoms with Crippen molar-refractivity contribution in [3.05, 3.63) is 121 Å². The second-order valence-corrected chi connectivity index (χ2v) is 8.57. The first-order valence-electron chi connectivity index (χ1n) is 12.2. The minimum atomic E-state index is -1.13. The fourth-order valence-electron chi connectivity index (χ4n) is 4.00. The highest BCUT2D eigenvalue weighted by Crippen LogP contribution is 2.19. The summed E-state index contributed by atoms with van der Waals surface area (Å²) < 4.78 is 6.61. The van der Waals surface area contributed by atoms with E-state index in [0.717, 1.165) is 11.1 Å². The Bertz CT molecular complexity index is 1570. The molecule has 0 saturated heterocycles. The molecular formula is C29H24N6O4. The SMILES string of the molecule is O=C(NCc1ncco1)C(=O)[C@H](Cc1ccccc1)NC(=O)c1cccnc1-n1ccc(-c2ccccc2)n1. The quantitative estimate of drug-likeness (QED) is 0.270. The average Bonchev–Trinajstić information content (AvgIpc) is 3.69. The summed E-state index contributed by atoms with van der Waals surface area (Å²) in [6, 6.07) is 22.7. The fraction of sp³-hybridized carbons (Fsp3) is 0.103. The number of hydrogen-bond acceptors (Lipinski definition) is 7. The van der Waals surface area contributed by atoms with E-state index in [1.54, 1.807) is 24.5 Å². The third-order valence-corrected chi connectivity index (χ3v) is 5.92. The van der Waals surface area contributed by atoms with E-state index in [1.807, 2.05) is 66.7 Å². The number of oxazole rings is 1. The van der Waals surface area contributed by atoms with Crippen LogP contribution in [0.3, 0.4) is 0 Å². The molecule has 0 aliphatic rings. The second-order valence-electron chi connectivity index (χ2n) is 8.57. The monoisotopic (exact) mass is 520 g/mol. The van der Waals surface area contributed by atoms with Gasteiger partial charge in [0, 0.05) is 24.4 Å². The van der Waals surface area contributed by atoms with Crippen LogP contribution >= 0.6 is 0 Å². The molecule has 0 fully saturated rings. The maximum Gasteiger partial charge on any atom is 0.290 e. The molecule has 194 valence electrons. The highest BCUT2D eigenvalue weighted by atomic mass is 16.3. The summed E-state index contributed by atoms with van der Waals surface area (Å²) in [6.45, 7) is -0.0562. The topological polar surface area (TPSA) is 132 Å². The molecule has 0 aliphatic carbocycles. The van der Waals surface area contributed by atoms with E-state index < -0.39 is 23.6 Å². The molecular weight excluding hydrogens is 496 g/mol. The zero-order chi connectivity index (χ0) is 27.0.